The first-order valence-electron chi connectivity index (χ1n) is 7.46. The molecule has 1 fully saturated rings. The lowest BCUT2D eigenvalue weighted by molar-refractivity contribution is -0.385. The van der Waals surface area contributed by atoms with Gasteiger partial charge in [-0.1, -0.05) is 0 Å². The van der Waals surface area contributed by atoms with Crippen molar-refractivity contribution in [2.45, 2.75) is 37.8 Å². The van der Waals surface area contributed by atoms with E-state index in [1.54, 1.807) is 6.92 Å². The molecule has 0 aromatic heterocycles. The normalized spacial score (nSPS) is 33.3. The van der Waals surface area contributed by atoms with Crippen LogP contribution in [0.3, 0.4) is 0 Å². The van der Waals surface area contributed by atoms with Crippen molar-refractivity contribution >= 4 is 11.7 Å². The minimum atomic E-state index is -1.35. The molecular weight excluding hydrogens is 324 g/mol. The molecule has 1 saturated heterocycles. The molecule has 1 unspecified atom stereocenters. The third kappa shape index (κ3) is 2.48. The fourth-order valence-corrected chi connectivity index (χ4v) is 3.57. The zero-order valence-electron chi connectivity index (χ0n) is 13.1. The van der Waals surface area contributed by atoms with Crippen molar-refractivity contribution in [3.05, 3.63) is 39.7 Å². The molecule has 0 aliphatic carbocycles. The maximum atomic E-state index is 14.5. The Balaban J connectivity index is 2.17. The summed E-state index contributed by atoms with van der Waals surface area (Å²) in [7, 11) is 0. The molecule has 0 radical (unpaired) electrons. The largest absolute Gasteiger partial charge is 0.459 e. The first-order chi connectivity index (χ1) is 11.2. The second kappa shape index (κ2) is 5.66. The molecule has 0 spiro atoms. The number of hydrogen-bond acceptors (Lipinski definition) is 6. The predicted octanol–water partition coefficient (Wildman–Crippen LogP) is 2.04. The number of amidine groups is 1. The number of fused-ring (bicyclic) bond motifs is 1. The highest BCUT2D eigenvalue weighted by Crippen LogP contribution is 2.47. The van der Waals surface area contributed by atoms with Crippen LogP contribution in [0, 0.1) is 21.8 Å². The molecule has 2 aliphatic rings. The third-order valence-corrected chi connectivity index (χ3v) is 4.63. The maximum absolute atomic E-state index is 14.5. The minimum Gasteiger partial charge on any atom is -0.459 e. The summed E-state index contributed by atoms with van der Waals surface area (Å²) >= 11 is 0. The number of ether oxygens (including phenoxy) is 2. The number of nitrogens with two attached hydrogens (primary N) is 1. The van der Waals surface area contributed by atoms with E-state index in [4.69, 9.17) is 15.2 Å². The summed E-state index contributed by atoms with van der Waals surface area (Å²) in [6.07, 6.45) is -2.83. The van der Waals surface area contributed by atoms with E-state index < -0.39 is 40.6 Å². The van der Waals surface area contributed by atoms with Crippen LogP contribution in [0.5, 0.6) is 0 Å². The molecule has 24 heavy (non-hydrogen) atoms. The van der Waals surface area contributed by atoms with Crippen molar-refractivity contribution < 1.29 is 23.2 Å². The van der Waals surface area contributed by atoms with Gasteiger partial charge in [0.25, 0.3) is 11.7 Å². The minimum absolute atomic E-state index is 0.0332. The number of non-ortho nitro benzene ring substituents is 1. The van der Waals surface area contributed by atoms with E-state index in [0.29, 0.717) is 0 Å². The number of benzene rings is 1. The van der Waals surface area contributed by atoms with Crippen molar-refractivity contribution in [3.8, 4) is 0 Å². The second-order valence-electron chi connectivity index (χ2n) is 6.18. The second-order valence-corrected chi connectivity index (χ2v) is 6.18. The van der Waals surface area contributed by atoms with Crippen LogP contribution in [-0.4, -0.2) is 35.9 Å². The van der Waals surface area contributed by atoms with Crippen LogP contribution >= 0.6 is 0 Å². The zero-order valence-corrected chi connectivity index (χ0v) is 13.1. The molecule has 0 saturated carbocycles. The smallest absolute Gasteiger partial charge is 0.283 e. The van der Waals surface area contributed by atoms with Crippen molar-refractivity contribution in [3.63, 3.8) is 0 Å². The first-order valence-corrected chi connectivity index (χ1v) is 7.46. The van der Waals surface area contributed by atoms with Crippen molar-refractivity contribution in [1.82, 2.24) is 0 Å². The van der Waals surface area contributed by atoms with E-state index in [0.717, 1.165) is 18.2 Å². The van der Waals surface area contributed by atoms with Gasteiger partial charge in [0.1, 0.15) is 23.6 Å². The highest BCUT2D eigenvalue weighted by molar-refractivity contribution is 5.73. The number of halogens is 2. The number of hydrogen-bond donors (Lipinski definition) is 1. The average molecular weight is 341 g/mol. The van der Waals surface area contributed by atoms with Crippen LogP contribution in [0.1, 0.15) is 19.4 Å². The molecule has 2 N–H and O–H groups in total. The van der Waals surface area contributed by atoms with Crippen molar-refractivity contribution in [2.24, 2.45) is 16.6 Å². The quantitative estimate of drug-likeness (QED) is 0.670. The van der Waals surface area contributed by atoms with Crippen LogP contribution in [0.4, 0.5) is 14.5 Å². The van der Waals surface area contributed by atoms with E-state index in [2.05, 4.69) is 4.99 Å². The van der Waals surface area contributed by atoms with E-state index in [-0.39, 0.29) is 23.9 Å². The predicted molar refractivity (Wildman–Crippen MR) is 80.7 cm³/mol. The number of aliphatic imine (C=N–C) groups is 1. The first kappa shape index (κ1) is 16.6. The summed E-state index contributed by atoms with van der Waals surface area (Å²) in [5.41, 5.74) is 4.04. The molecule has 2 heterocycles. The lowest BCUT2D eigenvalue weighted by Gasteiger charge is -2.41. The molecule has 2 aliphatic heterocycles. The number of alkyl halides is 1. The fourth-order valence-electron chi connectivity index (χ4n) is 3.57. The van der Waals surface area contributed by atoms with Crippen LogP contribution in [0.15, 0.2) is 23.2 Å². The lowest BCUT2D eigenvalue weighted by atomic mass is 9.73. The third-order valence-electron chi connectivity index (χ3n) is 4.63. The summed E-state index contributed by atoms with van der Waals surface area (Å²) in [5.74, 6) is -1.35. The monoisotopic (exact) mass is 341 g/mol. The topological polar surface area (TPSA) is 100.0 Å². The van der Waals surface area contributed by atoms with Gasteiger partial charge in [-0.2, -0.15) is 0 Å². The van der Waals surface area contributed by atoms with Gasteiger partial charge in [-0.05, 0) is 19.9 Å². The summed E-state index contributed by atoms with van der Waals surface area (Å²) < 4.78 is 39.3. The number of rotatable bonds is 3. The molecule has 130 valence electrons. The molecule has 9 heteroatoms. The Morgan fingerprint density at radius 3 is 2.88 bits per heavy atom. The van der Waals surface area contributed by atoms with Crippen LogP contribution in [0.2, 0.25) is 0 Å². The zero-order chi connectivity index (χ0) is 17.6. The van der Waals surface area contributed by atoms with Gasteiger partial charge in [-0.25, -0.2) is 13.8 Å². The SMILES string of the molecule is CC(F)[C@@H]1OC[C@H]2OC(N)=N[C@](C)(c3cc([N+](=O)[O-])ccc3F)[C@H]21. The van der Waals surface area contributed by atoms with Crippen molar-refractivity contribution in [1.29, 1.82) is 0 Å². The number of nitro benzene ring substituents is 1. The molecule has 1 aromatic carbocycles. The highest BCUT2D eigenvalue weighted by atomic mass is 19.1. The molecule has 5 atom stereocenters. The van der Waals surface area contributed by atoms with Gasteiger partial charge in [-0.15, -0.1) is 0 Å². The molecular formula is C15H17F2N3O4. The van der Waals surface area contributed by atoms with Crippen molar-refractivity contribution in [2.75, 3.05) is 6.61 Å². The average Bonchev–Trinajstić information content (AvgIpc) is 2.91. The number of nitro groups is 1. The van der Waals surface area contributed by atoms with Gasteiger partial charge in [0.2, 0.25) is 0 Å². The Morgan fingerprint density at radius 1 is 1.54 bits per heavy atom. The van der Waals surface area contributed by atoms with Crippen LogP contribution < -0.4 is 5.73 Å². The molecule has 7 nitrogen and oxygen atoms in total. The van der Waals surface area contributed by atoms with E-state index >= 15 is 0 Å². The van der Waals surface area contributed by atoms with Gasteiger partial charge in [0.05, 0.1) is 23.6 Å². The van der Waals surface area contributed by atoms with Gasteiger partial charge in [0, 0.05) is 17.7 Å². The summed E-state index contributed by atoms with van der Waals surface area (Å²) in [6, 6.07) is 2.98. The Morgan fingerprint density at radius 2 is 2.25 bits per heavy atom. The number of nitrogens with zero attached hydrogens (tertiary/aromatic N) is 2. The fraction of sp³-hybridized carbons (Fsp3) is 0.533. The molecule has 1 aromatic rings. The Bertz CT molecular complexity index is 712. The highest BCUT2D eigenvalue weighted by Gasteiger charge is 2.56. The lowest BCUT2D eigenvalue weighted by Crippen LogP contribution is -2.51. The summed E-state index contributed by atoms with van der Waals surface area (Å²) in [6.45, 7) is 2.98. The maximum Gasteiger partial charge on any atom is 0.283 e. The van der Waals surface area contributed by atoms with Gasteiger partial charge >= 0.3 is 0 Å². The summed E-state index contributed by atoms with van der Waals surface area (Å²) in [4.78, 5) is 14.6. The Hall–Kier alpha value is -2.29. The Labute approximate surface area is 136 Å². The Kier molecular flexibility index (Phi) is 3.90. The summed E-state index contributed by atoms with van der Waals surface area (Å²) in [5, 5.41) is 11.0. The molecule has 0 bridgehead atoms. The molecule has 0 amide bonds. The molecule has 3 rings (SSSR count). The van der Waals surface area contributed by atoms with Crippen LogP contribution in [-0.2, 0) is 15.0 Å². The van der Waals surface area contributed by atoms with E-state index in [1.807, 2.05) is 0 Å². The van der Waals surface area contributed by atoms with E-state index in [9.17, 15) is 18.9 Å². The standard InChI is InChI=1S/C15H17F2N3O4/c1-7(16)13-12-11(6-23-13)24-14(18)19-15(12,2)9-5-8(20(21)22)3-4-10(9)17/h3-5,7,11-13H,6H2,1-2H3,(H2,18,19)/t7?,11-,12-,13+,15-/m1/s1. The van der Waals surface area contributed by atoms with Gasteiger partial charge in [-0.3, -0.25) is 10.1 Å². The van der Waals surface area contributed by atoms with Gasteiger partial charge < -0.3 is 15.2 Å². The van der Waals surface area contributed by atoms with Gasteiger partial charge in [0.15, 0.2) is 0 Å². The van der Waals surface area contributed by atoms with Crippen LogP contribution in [0.25, 0.3) is 0 Å². The van der Waals surface area contributed by atoms with E-state index in [1.165, 1.54) is 6.92 Å².